The number of hydrogen-bond acceptors (Lipinski definition) is 5. The zero-order valence-corrected chi connectivity index (χ0v) is 16.9. The van der Waals surface area contributed by atoms with Crippen LogP contribution in [-0.4, -0.2) is 41.5 Å². The van der Waals surface area contributed by atoms with Crippen LogP contribution in [0.1, 0.15) is 43.5 Å². The van der Waals surface area contributed by atoms with Crippen molar-refractivity contribution in [1.82, 2.24) is 14.1 Å². The number of carbonyl (C=O) groups excluding carboxylic acids is 1. The molecule has 0 spiro atoms. The number of thiophene rings is 1. The lowest BCUT2D eigenvalue weighted by Gasteiger charge is -2.15. The van der Waals surface area contributed by atoms with Crippen LogP contribution < -0.4 is 5.32 Å². The molecule has 0 bridgehead atoms. The zero-order valence-electron chi connectivity index (χ0n) is 15.3. The van der Waals surface area contributed by atoms with Gasteiger partial charge in [0.2, 0.25) is 5.91 Å². The van der Waals surface area contributed by atoms with E-state index in [4.69, 9.17) is 0 Å². The molecule has 2 fully saturated rings. The van der Waals surface area contributed by atoms with Gasteiger partial charge in [-0.1, -0.05) is 0 Å². The summed E-state index contributed by atoms with van der Waals surface area (Å²) in [6.07, 6.45) is 6.08. The minimum atomic E-state index is -3.42. The number of nitrogens with zero attached hydrogens (tertiary/aromatic N) is 3. The summed E-state index contributed by atoms with van der Waals surface area (Å²) in [7, 11) is -3.42. The van der Waals surface area contributed by atoms with Crippen molar-refractivity contribution in [2.24, 2.45) is 5.92 Å². The number of carbonyl (C=O) groups is 1. The fourth-order valence-corrected chi connectivity index (χ4v) is 6.53. The van der Waals surface area contributed by atoms with E-state index < -0.39 is 10.0 Å². The molecule has 4 rings (SSSR count). The second-order valence-electron chi connectivity index (χ2n) is 7.30. The summed E-state index contributed by atoms with van der Waals surface area (Å²) in [5, 5.41) is 7.25. The van der Waals surface area contributed by atoms with Crippen LogP contribution in [-0.2, 0) is 21.2 Å². The van der Waals surface area contributed by atoms with E-state index in [0.717, 1.165) is 17.7 Å². The van der Waals surface area contributed by atoms with Crippen molar-refractivity contribution in [3.8, 4) is 0 Å². The zero-order chi connectivity index (χ0) is 19.0. The van der Waals surface area contributed by atoms with Crippen LogP contribution in [0.4, 0.5) is 5.82 Å². The molecule has 1 atom stereocenters. The predicted molar refractivity (Wildman–Crippen MR) is 104 cm³/mol. The van der Waals surface area contributed by atoms with E-state index in [1.54, 1.807) is 24.4 Å². The molecule has 1 amide bonds. The van der Waals surface area contributed by atoms with Gasteiger partial charge in [-0.05, 0) is 50.7 Å². The first-order valence-corrected chi connectivity index (χ1v) is 11.6. The molecule has 2 aromatic heterocycles. The molecule has 146 valence electrons. The van der Waals surface area contributed by atoms with Gasteiger partial charge in [0.05, 0.1) is 18.7 Å². The average molecular weight is 409 g/mol. The van der Waals surface area contributed by atoms with Gasteiger partial charge >= 0.3 is 0 Å². The Balaban J connectivity index is 1.41. The lowest BCUT2D eigenvalue weighted by atomic mass is 10.2. The number of nitrogens with one attached hydrogen (secondary N) is 1. The number of sulfonamides is 1. The van der Waals surface area contributed by atoms with E-state index in [-0.39, 0.29) is 18.4 Å². The molecule has 1 aliphatic carbocycles. The molecule has 0 radical (unpaired) electrons. The summed E-state index contributed by atoms with van der Waals surface area (Å²) in [5.74, 6) is 1.17. The average Bonchev–Trinajstić information content (AvgIpc) is 3.06. The van der Waals surface area contributed by atoms with Crippen molar-refractivity contribution >= 4 is 33.1 Å². The number of anilines is 1. The molecule has 0 aromatic carbocycles. The van der Waals surface area contributed by atoms with Crippen LogP contribution in [0.3, 0.4) is 0 Å². The van der Waals surface area contributed by atoms with E-state index in [9.17, 15) is 13.2 Å². The van der Waals surface area contributed by atoms with Gasteiger partial charge in [0, 0.05) is 24.0 Å². The first kappa shape index (κ1) is 18.6. The van der Waals surface area contributed by atoms with Crippen LogP contribution in [0.15, 0.2) is 28.6 Å². The first-order valence-electron chi connectivity index (χ1n) is 9.37. The van der Waals surface area contributed by atoms with Crippen molar-refractivity contribution in [2.75, 3.05) is 18.4 Å². The summed E-state index contributed by atoms with van der Waals surface area (Å²) in [4.78, 5) is 13.2. The third kappa shape index (κ3) is 3.95. The van der Waals surface area contributed by atoms with Gasteiger partial charge in [-0.3, -0.25) is 4.79 Å². The number of hydrogen-bond donors (Lipinski definition) is 1. The minimum absolute atomic E-state index is 0.156. The molecule has 7 nitrogen and oxygen atoms in total. The van der Waals surface area contributed by atoms with Crippen LogP contribution in [0.2, 0.25) is 0 Å². The lowest BCUT2D eigenvalue weighted by Crippen LogP contribution is -2.27. The highest BCUT2D eigenvalue weighted by atomic mass is 32.2. The summed E-state index contributed by atoms with van der Waals surface area (Å²) in [5.41, 5.74) is 0. The Morgan fingerprint density at radius 1 is 1.30 bits per heavy atom. The van der Waals surface area contributed by atoms with Crippen molar-refractivity contribution in [1.29, 1.82) is 0 Å². The highest BCUT2D eigenvalue weighted by Gasteiger charge is 2.31. The Hall–Kier alpha value is -1.71. The Kier molecular flexibility index (Phi) is 5.09. The van der Waals surface area contributed by atoms with E-state index >= 15 is 0 Å². The maximum absolute atomic E-state index is 12.6. The number of aromatic nitrogens is 2. The molecule has 1 N–H and O–H groups in total. The van der Waals surface area contributed by atoms with Crippen molar-refractivity contribution in [3.05, 3.63) is 29.3 Å². The second-order valence-corrected chi connectivity index (χ2v) is 10.6. The molecule has 1 unspecified atom stereocenters. The van der Waals surface area contributed by atoms with Gasteiger partial charge in [-0.25, -0.2) is 13.1 Å². The van der Waals surface area contributed by atoms with Crippen molar-refractivity contribution in [3.63, 3.8) is 0 Å². The molecule has 2 aliphatic rings. The summed E-state index contributed by atoms with van der Waals surface area (Å²) in [6.45, 7) is 3.29. The number of rotatable bonds is 7. The standard InChI is InChI=1S/C18H24N4O3S2/c1-13(14-4-5-14)22-16(8-9-19-22)20-17(23)12-15-6-7-18(26-15)27(24,25)21-10-2-3-11-21/h6-9,13-14H,2-5,10-12H2,1H3,(H,20,23). The predicted octanol–water partition coefficient (Wildman–Crippen LogP) is 2.88. The topological polar surface area (TPSA) is 84.3 Å². The Bertz CT molecular complexity index is 924. The monoisotopic (exact) mass is 408 g/mol. The third-order valence-electron chi connectivity index (χ3n) is 5.26. The fourth-order valence-electron chi connectivity index (χ4n) is 3.51. The molecule has 3 heterocycles. The molecule has 2 aromatic rings. The van der Waals surface area contributed by atoms with Crippen LogP contribution >= 0.6 is 11.3 Å². The minimum Gasteiger partial charge on any atom is -0.311 e. The summed E-state index contributed by atoms with van der Waals surface area (Å²) in [6, 6.07) is 5.42. The van der Waals surface area contributed by atoms with Crippen LogP contribution in [0.5, 0.6) is 0 Å². The van der Waals surface area contributed by atoms with Crippen molar-refractivity contribution < 1.29 is 13.2 Å². The first-order chi connectivity index (χ1) is 12.9. The molecule has 9 heteroatoms. The van der Waals surface area contributed by atoms with Gasteiger partial charge in [-0.2, -0.15) is 9.40 Å². The highest BCUT2D eigenvalue weighted by Crippen LogP contribution is 2.40. The second kappa shape index (κ2) is 7.37. The van der Waals surface area contributed by atoms with E-state index in [1.807, 2.05) is 4.68 Å². The van der Waals surface area contributed by atoms with E-state index in [2.05, 4.69) is 17.3 Å². The maximum Gasteiger partial charge on any atom is 0.252 e. The SMILES string of the molecule is CC(C1CC1)n1nccc1NC(=O)Cc1ccc(S(=O)(=O)N2CCCC2)s1. The van der Waals surface area contributed by atoms with E-state index in [1.165, 1.54) is 28.5 Å². The molecule has 1 saturated carbocycles. The summed E-state index contributed by atoms with van der Waals surface area (Å²) >= 11 is 1.18. The van der Waals surface area contributed by atoms with Crippen molar-refractivity contribution in [2.45, 2.75) is 49.3 Å². The van der Waals surface area contributed by atoms with Gasteiger partial charge < -0.3 is 5.32 Å². The van der Waals surface area contributed by atoms with Gasteiger partial charge in [-0.15, -0.1) is 11.3 Å². The maximum atomic E-state index is 12.6. The Labute approximate surface area is 163 Å². The Morgan fingerprint density at radius 2 is 2.04 bits per heavy atom. The lowest BCUT2D eigenvalue weighted by molar-refractivity contribution is -0.115. The molecule has 27 heavy (non-hydrogen) atoms. The quantitative estimate of drug-likeness (QED) is 0.763. The van der Waals surface area contributed by atoms with Gasteiger partial charge in [0.1, 0.15) is 10.0 Å². The Morgan fingerprint density at radius 3 is 2.74 bits per heavy atom. The number of amides is 1. The molecular formula is C18H24N4O3S2. The highest BCUT2D eigenvalue weighted by molar-refractivity contribution is 7.91. The third-order valence-corrected chi connectivity index (χ3v) is 8.71. The fraction of sp³-hybridized carbons (Fsp3) is 0.556. The largest absolute Gasteiger partial charge is 0.311 e. The normalized spacial score (nSPS) is 19.3. The van der Waals surface area contributed by atoms with Gasteiger partial charge in [0.25, 0.3) is 10.0 Å². The molecular weight excluding hydrogens is 384 g/mol. The van der Waals surface area contributed by atoms with Gasteiger partial charge in [0.15, 0.2) is 0 Å². The summed E-state index contributed by atoms with van der Waals surface area (Å²) < 4.78 is 28.9. The van der Waals surface area contributed by atoms with Crippen LogP contribution in [0, 0.1) is 5.92 Å². The smallest absolute Gasteiger partial charge is 0.252 e. The van der Waals surface area contributed by atoms with E-state index in [0.29, 0.717) is 29.0 Å². The van der Waals surface area contributed by atoms with Crippen LogP contribution in [0.25, 0.3) is 0 Å². The molecule has 1 saturated heterocycles. The molecule has 1 aliphatic heterocycles.